The highest BCUT2D eigenvalue weighted by Gasteiger charge is 2.47. The Morgan fingerprint density at radius 1 is 1.08 bits per heavy atom. The fourth-order valence-electron chi connectivity index (χ4n) is 2.90. The summed E-state index contributed by atoms with van der Waals surface area (Å²) in [5, 5.41) is 2.66. The summed E-state index contributed by atoms with van der Waals surface area (Å²) in [7, 11) is 2.77. The Labute approximate surface area is 155 Å². The number of carbonyl (C=O) groups is 3. The molecule has 1 aliphatic rings. The number of nitrogens with one attached hydrogen (secondary N) is 1. The van der Waals surface area contributed by atoms with Gasteiger partial charge >= 0.3 is 12.1 Å². The van der Waals surface area contributed by atoms with Crippen molar-refractivity contribution < 1.29 is 28.6 Å². The van der Waals surface area contributed by atoms with Gasteiger partial charge in [0.1, 0.15) is 11.6 Å². The van der Waals surface area contributed by atoms with Crippen LogP contribution in [0.3, 0.4) is 0 Å². The zero-order chi connectivity index (χ0) is 20.3. The molecule has 0 saturated carbocycles. The van der Waals surface area contributed by atoms with Gasteiger partial charge in [0.05, 0.1) is 13.2 Å². The van der Waals surface area contributed by atoms with Crippen LogP contribution < -0.4 is 5.32 Å². The van der Waals surface area contributed by atoms with Crippen molar-refractivity contribution in [1.29, 1.82) is 0 Å². The number of methoxy groups -OCH3 is 2. The molecule has 0 spiro atoms. The summed E-state index contributed by atoms with van der Waals surface area (Å²) in [5.41, 5.74) is -1.27. The molecule has 1 saturated heterocycles. The SMILES string of the molecule is COC(=O)[C@@H]1[C@H](OC)CCN1C(=O)[C@@H](NC(=O)OC(C)(C)C)C(C)(C)C. The third-order valence-electron chi connectivity index (χ3n) is 4.15. The van der Waals surface area contributed by atoms with Crippen molar-refractivity contribution in [2.24, 2.45) is 5.41 Å². The van der Waals surface area contributed by atoms with Crippen LogP contribution in [-0.2, 0) is 23.8 Å². The normalized spacial score (nSPS) is 21.9. The first-order valence-corrected chi connectivity index (χ1v) is 8.72. The number of ether oxygens (including phenoxy) is 3. The Hall–Kier alpha value is -1.83. The minimum Gasteiger partial charge on any atom is -0.467 e. The molecule has 8 nitrogen and oxygen atoms in total. The van der Waals surface area contributed by atoms with Crippen molar-refractivity contribution in [3.63, 3.8) is 0 Å². The van der Waals surface area contributed by atoms with E-state index in [1.165, 1.54) is 19.1 Å². The van der Waals surface area contributed by atoms with E-state index in [-0.39, 0.29) is 5.91 Å². The fourth-order valence-corrected chi connectivity index (χ4v) is 2.90. The summed E-state index contributed by atoms with van der Waals surface area (Å²) in [6.45, 7) is 11.1. The third kappa shape index (κ3) is 5.59. The van der Waals surface area contributed by atoms with Crippen molar-refractivity contribution in [1.82, 2.24) is 10.2 Å². The average molecular weight is 372 g/mol. The molecule has 0 unspecified atom stereocenters. The molecule has 1 heterocycles. The molecule has 150 valence electrons. The highest BCUT2D eigenvalue weighted by Crippen LogP contribution is 2.28. The van der Waals surface area contributed by atoms with Crippen LogP contribution >= 0.6 is 0 Å². The van der Waals surface area contributed by atoms with Gasteiger partial charge in [0.25, 0.3) is 0 Å². The topological polar surface area (TPSA) is 94.2 Å². The molecule has 3 atom stereocenters. The van der Waals surface area contributed by atoms with Crippen molar-refractivity contribution in [3.05, 3.63) is 0 Å². The van der Waals surface area contributed by atoms with Crippen LogP contribution in [0, 0.1) is 5.41 Å². The maximum Gasteiger partial charge on any atom is 0.408 e. The lowest BCUT2D eigenvalue weighted by atomic mass is 9.85. The quantitative estimate of drug-likeness (QED) is 0.755. The molecule has 26 heavy (non-hydrogen) atoms. The number of esters is 1. The summed E-state index contributed by atoms with van der Waals surface area (Å²) in [6, 6.07) is -1.69. The van der Waals surface area contributed by atoms with Crippen molar-refractivity contribution in [3.8, 4) is 0 Å². The predicted octanol–water partition coefficient (Wildman–Crippen LogP) is 1.71. The van der Waals surface area contributed by atoms with E-state index in [0.717, 1.165) is 0 Å². The first kappa shape index (κ1) is 22.2. The molecule has 0 bridgehead atoms. The van der Waals surface area contributed by atoms with Crippen LogP contribution in [0.1, 0.15) is 48.0 Å². The molecule has 0 aromatic rings. The van der Waals surface area contributed by atoms with Gasteiger partial charge in [0, 0.05) is 13.7 Å². The van der Waals surface area contributed by atoms with Crippen molar-refractivity contribution in [2.45, 2.75) is 71.8 Å². The van der Waals surface area contributed by atoms with Gasteiger partial charge in [-0.3, -0.25) is 4.79 Å². The minimum atomic E-state index is -0.861. The third-order valence-corrected chi connectivity index (χ3v) is 4.15. The lowest BCUT2D eigenvalue weighted by Gasteiger charge is -2.35. The van der Waals surface area contributed by atoms with Crippen molar-refractivity contribution >= 4 is 18.0 Å². The van der Waals surface area contributed by atoms with Crippen LogP contribution in [0.25, 0.3) is 0 Å². The second-order valence-corrected chi connectivity index (χ2v) is 8.51. The smallest absolute Gasteiger partial charge is 0.408 e. The molecule has 0 aliphatic carbocycles. The van der Waals surface area contributed by atoms with E-state index in [4.69, 9.17) is 14.2 Å². The monoisotopic (exact) mass is 372 g/mol. The second kappa shape index (κ2) is 8.24. The molecule has 8 heteroatoms. The number of hydrogen-bond acceptors (Lipinski definition) is 6. The lowest BCUT2D eigenvalue weighted by Crippen LogP contribution is -2.58. The zero-order valence-electron chi connectivity index (χ0n) is 17.0. The minimum absolute atomic E-state index is 0.347. The first-order chi connectivity index (χ1) is 11.8. The van der Waals surface area contributed by atoms with Gasteiger partial charge in [-0.25, -0.2) is 9.59 Å². The number of nitrogens with zero attached hydrogens (tertiary/aromatic N) is 1. The molecule has 1 aliphatic heterocycles. The first-order valence-electron chi connectivity index (χ1n) is 8.72. The Balaban J connectivity index is 3.05. The summed E-state index contributed by atoms with van der Waals surface area (Å²) < 4.78 is 15.4. The Bertz CT molecular complexity index is 535. The van der Waals surface area contributed by atoms with Gasteiger partial charge in [0.15, 0.2) is 6.04 Å². The maximum absolute atomic E-state index is 13.2. The summed E-state index contributed by atoms with van der Waals surface area (Å²) in [4.78, 5) is 39.0. The lowest BCUT2D eigenvalue weighted by molar-refractivity contribution is -0.156. The van der Waals surface area contributed by atoms with Gasteiger partial charge in [-0.05, 0) is 32.6 Å². The highest BCUT2D eigenvalue weighted by atomic mass is 16.6. The molecule has 1 fully saturated rings. The maximum atomic E-state index is 13.2. The summed E-state index contributed by atoms with van der Waals surface area (Å²) in [6.07, 6.45) is -0.595. The van der Waals surface area contributed by atoms with E-state index in [0.29, 0.717) is 13.0 Å². The molecule has 0 radical (unpaired) electrons. The molecule has 0 aromatic heterocycles. The zero-order valence-corrected chi connectivity index (χ0v) is 17.0. The van der Waals surface area contributed by atoms with E-state index < -0.39 is 41.3 Å². The largest absolute Gasteiger partial charge is 0.467 e. The van der Waals surface area contributed by atoms with Crippen LogP contribution in [0.15, 0.2) is 0 Å². The molecular weight excluding hydrogens is 340 g/mol. The van der Waals surface area contributed by atoms with E-state index in [1.54, 1.807) is 20.8 Å². The molecular formula is C18H32N2O6. The Morgan fingerprint density at radius 3 is 2.08 bits per heavy atom. The number of amides is 2. The molecule has 1 N–H and O–H groups in total. The Kier molecular flexibility index (Phi) is 7.04. The highest BCUT2D eigenvalue weighted by molar-refractivity contribution is 5.91. The average Bonchev–Trinajstić information content (AvgIpc) is 2.92. The fraction of sp³-hybridized carbons (Fsp3) is 0.833. The van der Waals surface area contributed by atoms with Gasteiger partial charge in [-0.15, -0.1) is 0 Å². The number of carbonyl (C=O) groups excluding carboxylic acids is 3. The number of rotatable bonds is 4. The number of likely N-dealkylation sites (tertiary alicyclic amines) is 1. The van der Waals surface area contributed by atoms with Gasteiger partial charge < -0.3 is 24.4 Å². The molecule has 1 rings (SSSR count). The second-order valence-electron chi connectivity index (χ2n) is 8.51. The number of alkyl carbamates (subject to hydrolysis) is 1. The van der Waals surface area contributed by atoms with E-state index >= 15 is 0 Å². The molecule has 0 aromatic carbocycles. The summed E-state index contributed by atoms with van der Waals surface area (Å²) in [5.74, 6) is -0.897. The van der Waals surface area contributed by atoms with Gasteiger partial charge in [-0.1, -0.05) is 20.8 Å². The summed E-state index contributed by atoms with van der Waals surface area (Å²) >= 11 is 0. The van der Waals surface area contributed by atoms with E-state index in [1.807, 2.05) is 20.8 Å². The van der Waals surface area contributed by atoms with Crippen LogP contribution in [0.4, 0.5) is 4.79 Å². The predicted molar refractivity (Wildman–Crippen MR) is 95.5 cm³/mol. The standard InChI is InChI=1S/C18H32N2O6/c1-17(2,3)13(19-16(23)26-18(4,5)6)14(21)20-10-9-11(24-7)12(20)15(22)25-8/h11-13H,9-10H2,1-8H3,(H,19,23)/t11-,12+,13-/m1/s1. The van der Waals surface area contributed by atoms with E-state index in [2.05, 4.69) is 5.32 Å². The van der Waals surface area contributed by atoms with Crippen molar-refractivity contribution in [2.75, 3.05) is 20.8 Å². The van der Waals surface area contributed by atoms with E-state index in [9.17, 15) is 14.4 Å². The van der Waals surface area contributed by atoms with Gasteiger partial charge in [-0.2, -0.15) is 0 Å². The van der Waals surface area contributed by atoms with Crippen LogP contribution in [0.5, 0.6) is 0 Å². The molecule has 2 amide bonds. The van der Waals surface area contributed by atoms with Gasteiger partial charge in [0.2, 0.25) is 5.91 Å². The van der Waals surface area contributed by atoms with Crippen LogP contribution in [0.2, 0.25) is 0 Å². The Morgan fingerprint density at radius 2 is 1.65 bits per heavy atom. The number of hydrogen-bond donors (Lipinski definition) is 1. The van der Waals surface area contributed by atoms with Crippen LogP contribution in [-0.4, -0.2) is 67.4 Å².